The molecule has 3 heteroatoms. The topological polar surface area (TPSA) is 18.5 Å². The standard InChI is InChI=1S/C21H25BO2/c1-20(2)21(3,4)24-22(23-20)19-14-17-12-8-11-16(17)13-18(19)15-9-6-5-7-10-15/h5-7,9-10,13-14H,8,11-12H2,1-4H3. The van der Waals surface area contributed by atoms with E-state index < -0.39 is 0 Å². The van der Waals surface area contributed by atoms with Gasteiger partial charge in [-0.25, -0.2) is 0 Å². The molecule has 24 heavy (non-hydrogen) atoms. The second-order valence-electron chi connectivity index (χ2n) is 8.02. The first-order valence-electron chi connectivity index (χ1n) is 8.94. The van der Waals surface area contributed by atoms with Crippen molar-refractivity contribution < 1.29 is 9.31 Å². The molecule has 0 spiro atoms. The van der Waals surface area contributed by atoms with E-state index in [0.717, 1.165) is 6.42 Å². The van der Waals surface area contributed by atoms with Gasteiger partial charge in [0.2, 0.25) is 0 Å². The Hall–Kier alpha value is -1.58. The maximum Gasteiger partial charge on any atom is 0.495 e. The highest BCUT2D eigenvalue weighted by molar-refractivity contribution is 6.64. The van der Waals surface area contributed by atoms with Crippen molar-refractivity contribution in [1.29, 1.82) is 0 Å². The lowest BCUT2D eigenvalue weighted by molar-refractivity contribution is 0.00578. The van der Waals surface area contributed by atoms with Gasteiger partial charge in [0.15, 0.2) is 0 Å². The van der Waals surface area contributed by atoms with Gasteiger partial charge in [0.05, 0.1) is 11.2 Å². The third-order valence-corrected chi connectivity index (χ3v) is 5.86. The van der Waals surface area contributed by atoms with Gasteiger partial charge in [-0.3, -0.25) is 0 Å². The summed E-state index contributed by atoms with van der Waals surface area (Å²) in [6, 6.07) is 15.3. The van der Waals surface area contributed by atoms with Crippen molar-refractivity contribution in [2.24, 2.45) is 0 Å². The summed E-state index contributed by atoms with van der Waals surface area (Å²) < 4.78 is 12.7. The predicted molar refractivity (Wildman–Crippen MR) is 99.6 cm³/mol. The molecular formula is C21H25BO2. The molecule has 0 atom stereocenters. The van der Waals surface area contributed by atoms with Crippen LogP contribution >= 0.6 is 0 Å². The van der Waals surface area contributed by atoms with Crippen molar-refractivity contribution in [2.75, 3.05) is 0 Å². The lowest BCUT2D eigenvalue weighted by Crippen LogP contribution is -2.41. The highest BCUT2D eigenvalue weighted by atomic mass is 16.7. The smallest absolute Gasteiger partial charge is 0.399 e. The van der Waals surface area contributed by atoms with E-state index in [1.54, 1.807) is 0 Å². The first-order valence-corrected chi connectivity index (χ1v) is 8.94. The van der Waals surface area contributed by atoms with E-state index in [4.69, 9.17) is 9.31 Å². The third-order valence-electron chi connectivity index (χ3n) is 5.86. The van der Waals surface area contributed by atoms with Crippen molar-refractivity contribution in [2.45, 2.75) is 58.2 Å². The summed E-state index contributed by atoms with van der Waals surface area (Å²) in [7, 11) is -0.309. The van der Waals surface area contributed by atoms with Gasteiger partial charge in [-0.2, -0.15) is 0 Å². The van der Waals surface area contributed by atoms with E-state index in [9.17, 15) is 0 Å². The van der Waals surface area contributed by atoms with Gasteiger partial charge in [-0.05, 0) is 74.7 Å². The first kappa shape index (κ1) is 15.9. The minimum absolute atomic E-state index is 0.309. The molecule has 1 saturated heterocycles. The van der Waals surface area contributed by atoms with Crippen LogP contribution < -0.4 is 5.46 Å². The van der Waals surface area contributed by atoms with Gasteiger partial charge in [0, 0.05) is 0 Å². The molecule has 4 rings (SSSR count). The summed E-state index contributed by atoms with van der Waals surface area (Å²) in [6.07, 6.45) is 3.59. The van der Waals surface area contributed by atoms with Crippen LogP contribution in [0.4, 0.5) is 0 Å². The summed E-state index contributed by atoms with van der Waals surface area (Å²) in [5, 5.41) is 0. The summed E-state index contributed by atoms with van der Waals surface area (Å²) in [6.45, 7) is 8.45. The fourth-order valence-electron chi connectivity index (χ4n) is 3.68. The molecule has 2 nitrogen and oxygen atoms in total. The molecule has 1 heterocycles. The normalized spacial score (nSPS) is 21.1. The second-order valence-corrected chi connectivity index (χ2v) is 8.02. The molecule has 2 aliphatic rings. The van der Waals surface area contributed by atoms with Crippen molar-refractivity contribution in [1.82, 2.24) is 0 Å². The fourth-order valence-corrected chi connectivity index (χ4v) is 3.68. The summed E-state index contributed by atoms with van der Waals surface area (Å²) in [4.78, 5) is 0. The van der Waals surface area contributed by atoms with E-state index in [0.29, 0.717) is 0 Å². The molecule has 2 aromatic rings. The summed E-state index contributed by atoms with van der Waals surface area (Å²) in [5.41, 5.74) is 5.95. The molecule has 0 bridgehead atoms. The maximum absolute atomic E-state index is 6.35. The van der Waals surface area contributed by atoms with Gasteiger partial charge < -0.3 is 9.31 Å². The number of aryl methyl sites for hydroxylation is 2. The Bertz CT molecular complexity index is 749. The van der Waals surface area contributed by atoms with Crippen LogP contribution in [0.5, 0.6) is 0 Å². The molecule has 0 N–H and O–H groups in total. The van der Waals surface area contributed by atoms with Crippen LogP contribution in [0, 0.1) is 0 Å². The third kappa shape index (κ3) is 2.51. The zero-order valence-electron chi connectivity index (χ0n) is 15.1. The van der Waals surface area contributed by atoms with Crippen LogP contribution in [-0.4, -0.2) is 18.3 Å². The highest BCUT2D eigenvalue weighted by Gasteiger charge is 2.52. The van der Waals surface area contributed by atoms with E-state index >= 15 is 0 Å². The van der Waals surface area contributed by atoms with Gasteiger partial charge in [-0.1, -0.05) is 42.5 Å². The molecule has 2 aromatic carbocycles. The lowest BCUT2D eigenvalue weighted by atomic mass is 9.73. The zero-order valence-corrected chi connectivity index (χ0v) is 15.1. The fraction of sp³-hybridized carbons (Fsp3) is 0.429. The van der Waals surface area contributed by atoms with Crippen molar-refractivity contribution in [3.05, 3.63) is 53.6 Å². The van der Waals surface area contributed by atoms with E-state index in [-0.39, 0.29) is 18.3 Å². The number of hydrogen-bond donors (Lipinski definition) is 0. The van der Waals surface area contributed by atoms with Crippen molar-refractivity contribution >= 4 is 12.6 Å². The van der Waals surface area contributed by atoms with Gasteiger partial charge in [0.25, 0.3) is 0 Å². The highest BCUT2D eigenvalue weighted by Crippen LogP contribution is 2.38. The largest absolute Gasteiger partial charge is 0.495 e. The Balaban J connectivity index is 1.83. The van der Waals surface area contributed by atoms with E-state index in [1.165, 1.54) is 40.6 Å². The van der Waals surface area contributed by atoms with Crippen LogP contribution in [0.2, 0.25) is 0 Å². The molecule has 0 amide bonds. The Morgan fingerprint density at radius 3 is 2.04 bits per heavy atom. The number of hydrogen-bond acceptors (Lipinski definition) is 2. The van der Waals surface area contributed by atoms with Crippen LogP contribution in [0.1, 0.15) is 45.2 Å². The van der Waals surface area contributed by atoms with Gasteiger partial charge in [-0.15, -0.1) is 0 Å². The Labute approximate surface area is 145 Å². The van der Waals surface area contributed by atoms with Crippen LogP contribution in [-0.2, 0) is 22.2 Å². The Kier molecular flexibility index (Phi) is 3.63. The molecule has 1 aliphatic heterocycles. The lowest BCUT2D eigenvalue weighted by Gasteiger charge is -2.32. The minimum atomic E-state index is -0.315. The van der Waals surface area contributed by atoms with Crippen LogP contribution in [0.15, 0.2) is 42.5 Å². The van der Waals surface area contributed by atoms with Crippen LogP contribution in [0.3, 0.4) is 0 Å². The SMILES string of the molecule is CC1(C)OB(c2cc3c(cc2-c2ccccc2)CCC3)OC1(C)C. The van der Waals surface area contributed by atoms with Gasteiger partial charge >= 0.3 is 7.12 Å². The zero-order chi connectivity index (χ0) is 16.9. The van der Waals surface area contributed by atoms with Crippen LogP contribution in [0.25, 0.3) is 11.1 Å². The monoisotopic (exact) mass is 320 g/mol. The van der Waals surface area contributed by atoms with Crippen molar-refractivity contribution in [3.63, 3.8) is 0 Å². The second kappa shape index (κ2) is 5.47. The Morgan fingerprint density at radius 1 is 0.833 bits per heavy atom. The number of benzene rings is 2. The average Bonchev–Trinajstić information content (AvgIpc) is 3.08. The maximum atomic E-state index is 6.35. The molecule has 0 unspecified atom stereocenters. The van der Waals surface area contributed by atoms with Gasteiger partial charge in [0.1, 0.15) is 0 Å². The molecule has 1 aliphatic carbocycles. The minimum Gasteiger partial charge on any atom is -0.399 e. The van der Waals surface area contributed by atoms with E-state index in [1.807, 2.05) is 0 Å². The average molecular weight is 320 g/mol. The van der Waals surface area contributed by atoms with Crippen molar-refractivity contribution in [3.8, 4) is 11.1 Å². The quantitative estimate of drug-likeness (QED) is 0.774. The number of rotatable bonds is 2. The Morgan fingerprint density at radius 2 is 1.42 bits per heavy atom. The molecule has 0 aromatic heterocycles. The number of fused-ring (bicyclic) bond motifs is 1. The summed E-state index contributed by atoms with van der Waals surface area (Å²) >= 11 is 0. The molecule has 1 fully saturated rings. The molecule has 124 valence electrons. The molecular weight excluding hydrogens is 295 g/mol. The van der Waals surface area contributed by atoms with E-state index in [2.05, 4.69) is 70.2 Å². The molecule has 0 radical (unpaired) electrons. The first-order chi connectivity index (χ1) is 11.4. The predicted octanol–water partition coefficient (Wildman–Crippen LogP) is 4.14. The summed E-state index contributed by atoms with van der Waals surface area (Å²) in [5.74, 6) is 0. The molecule has 0 saturated carbocycles.